The maximum atomic E-state index is 13.1. The monoisotopic (exact) mass is 586 g/mol. The summed E-state index contributed by atoms with van der Waals surface area (Å²) in [6.45, 7) is 3.33. The van der Waals surface area contributed by atoms with E-state index < -0.39 is 47.8 Å². The molecule has 13 nitrogen and oxygen atoms in total. The van der Waals surface area contributed by atoms with E-state index in [9.17, 15) is 28.8 Å². The number of carboxylic acids is 1. The first-order valence-corrected chi connectivity index (χ1v) is 13.1. The van der Waals surface area contributed by atoms with Crippen molar-refractivity contribution in [2.45, 2.75) is 51.8 Å². The smallest absolute Gasteiger partial charge is 0.359 e. The maximum Gasteiger partial charge on any atom is 0.359 e. The SMILES string of the molecule is CCOC(=O)C(Oc1ccc(C[C@H](NC(=O)CCC(=O)OC)C(=O)NCc2ccc(C(=O)O)cc2)cc1)C(=O)OCC. The summed E-state index contributed by atoms with van der Waals surface area (Å²) in [5.41, 5.74) is 1.35. The lowest BCUT2D eigenvalue weighted by molar-refractivity contribution is -0.166. The Labute approximate surface area is 242 Å². The molecular weight excluding hydrogens is 552 g/mol. The lowest BCUT2D eigenvalue weighted by Gasteiger charge is -2.19. The van der Waals surface area contributed by atoms with Crippen LogP contribution in [-0.4, -0.2) is 73.3 Å². The fourth-order valence-corrected chi connectivity index (χ4v) is 3.58. The Kier molecular flexibility index (Phi) is 13.5. The van der Waals surface area contributed by atoms with E-state index in [4.69, 9.17) is 19.3 Å². The molecule has 0 bridgehead atoms. The summed E-state index contributed by atoms with van der Waals surface area (Å²) in [5, 5.41) is 14.4. The van der Waals surface area contributed by atoms with E-state index in [-0.39, 0.29) is 50.3 Å². The quantitative estimate of drug-likeness (QED) is 0.147. The fourth-order valence-electron chi connectivity index (χ4n) is 3.58. The van der Waals surface area contributed by atoms with Crippen LogP contribution in [0.25, 0.3) is 0 Å². The molecule has 0 aliphatic carbocycles. The molecule has 0 fully saturated rings. The Morgan fingerprint density at radius 3 is 1.90 bits per heavy atom. The molecule has 0 heterocycles. The summed E-state index contributed by atoms with van der Waals surface area (Å²) in [5.74, 6) is -4.35. The van der Waals surface area contributed by atoms with Gasteiger partial charge in [0.25, 0.3) is 6.10 Å². The molecule has 2 amide bonds. The average Bonchev–Trinajstić information content (AvgIpc) is 2.98. The van der Waals surface area contributed by atoms with Crippen molar-refractivity contribution in [2.75, 3.05) is 20.3 Å². The number of esters is 3. The van der Waals surface area contributed by atoms with Crippen LogP contribution in [-0.2, 0) is 51.1 Å². The minimum atomic E-state index is -1.62. The van der Waals surface area contributed by atoms with Gasteiger partial charge in [-0.3, -0.25) is 14.4 Å². The zero-order chi connectivity index (χ0) is 31.1. The molecule has 0 aliphatic rings. The Bertz CT molecular complexity index is 1230. The van der Waals surface area contributed by atoms with Gasteiger partial charge >= 0.3 is 23.9 Å². The van der Waals surface area contributed by atoms with Gasteiger partial charge in [0.2, 0.25) is 11.8 Å². The largest absolute Gasteiger partial charge is 0.478 e. The van der Waals surface area contributed by atoms with E-state index in [1.165, 1.54) is 31.4 Å². The van der Waals surface area contributed by atoms with Gasteiger partial charge in [-0.25, -0.2) is 14.4 Å². The van der Waals surface area contributed by atoms with Crippen molar-refractivity contribution in [3.63, 3.8) is 0 Å². The van der Waals surface area contributed by atoms with Crippen molar-refractivity contribution in [3.05, 3.63) is 65.2 Å². The van der Waals surface area contributed by atoms with E-state index in [1.54, 1.807) is 38.1 Å². The van der Waals surface area contributed by atoms with Gasteiger partial charge in [-0.1, -0.05) is 24.3 Å². The number of rotatable bonds is 16. The predicted octanol–water partition coefficient (Wildman–Crippen LogP) is 1.56. The van der Waals surface area contributed by atoms with Gasteiger partial charge < -0.3 is 34.7 Å². The minimum absolute atomic E-state index is 0.0412. The molecule has 0 radical (unpaired) electrons. The molecule has 13 heteroatoms. The molecule has 0 aliphatic heterocycles. The van der Waals surface area contributed by atoms with Crippen molar-refractivity contribution in [1.29, 1.82) is 0 Å². The second-order valence-corrected chi connectivity index (χ2v) is 8.77. The van der Waals surface area contributed by atoms with Gasteiger partial charge in [0.1, 0.15) is 11.8 Å². The normalized spacial score (nSPS) is 11.1. The maximum absolute atomic E-state index is 13.1. The number of carboxylic acid groups (broad SMARTS) is 1. The third-order valence-corrected chi connectivity index (χ3v) is 5.72. The van der Waals surface area contributed by atoms with Crippen molar-refractivity contribution in [1.82, 2.24) is 10.6 Å². The standard InChI is InChI=1S/C29H34N2O11/c1-4-40-28(37)25(29(38)41-5-2)42-21-12-8-18(9-13-21)16-22(31-23(32)14-15-24(33)39-3)26(34)30-17-19-6-10-20(11-7-19)27(35)36/h6-13,22,25H,4-5,14-17H2,1-3H3,(H,30,34)(H,31,32)(H,35,36)/t22-/m0/s1. The minimum Gasteiger partial charge on any atom is -0.478 e. The second-order valence-electron chi connectivity index (χ2n) is 8.77. The van der Waals surface area contributed by atoms with Gasteiger partial charge in [0.15, 0.2) is 0 Å². The third kappa shape index (κ3) is 10.9. The number of ether oxygens (including phenoxy) is 4. The summed E-state index contributed by atoms with van der Waals surface area (Å²) in [7, 11) is 1.20. The molecule has 1 atom stereocenters. The van der Waals surface area contributed by atoms with Crippen LogP contribution in [0.2, 0.25) is 0 Å². The average molecular weight is 587 g/mol. The highest BCUT2D eigenvalue weighted by Crippen LogP contribution is 2.17. The number of carbonyl (C=O) groups excluding carboxylic acids is 5. The Morgan fingerprint density at radius 2 is 1.38 bits per heavy atom. The third-order valence-electron chi connectivity index (χ3n) is 5.72. The first-order chi connectivity index (χ1) is 20.1. The van der Waals surface area contributed by atoms with Crippen LogP contribution < -0.4 is 15.4 Å². The number of hydrogen-bond donors (Lipinski definition) is 3. The van der Waals surface area contributed by atoms with Gasteiger partial charge in [-0.05, 0) is 49.2 Å². The van der Waals surface area contributed by atoms with Gasteiger partial charge in [-0.15, -0.1) is 0 Å². The predicted molar refractivity (Wildman–Crippen MR) is 146 cm³/mol. The molecule has 0 saturated carbocycles. The Balaban J connectivity index is 2.14. The van der Waals surface area contributed by atoms with Crippen molar-refractivity contribution < 1.29 is 52.8 Å². The highest BCUT2D eigenvalue weighted by atomic mass is 16.6. The van der Waals surface area contributed by atoms with E-state index in [0.717, 1.165) is 0 Å². The van der Waals surface area contributed by atoms with Gasteiger partial charge in [0.05, 0.1) is 32.3 Å². The number of benzene rings is 2. The molecule has 0 saturated heterocycles. The second kappa shape index (κ2) is 17.0. The molecule has 0 aromatic heterocycles. The van der Waals surface area contributed by atoms with E-state index in [1.807, 2.05) is 0 Å². The molecule has 2 rings (SSSR count). The van der Waals surface area contributed by atoms with Crippen LogP contribution in [0.15, 0.2) is 48.5 Å². The van der Waals surface area contributed by atoms with E-state index >= 15 is 0 Å². The van der Waals surface area contributed by atoms with Crippen LogP contribution in [0.3, 0.4) is 0 Å². The van der Waals surface area contributed by atoms with Crippen LogP contribution in [0.4, 0.5) is 0 Å². The molecule has 42 heavy (non-hydrogen) atoms. The number of methoxy groups -OCH3 is 1. The molecular formula is C29H34N2O11. The number of aromatic carboxylic acids is 1. The van der Waals surface area contributed by atoms with Crippen molar-refractivity contribution in [3.8, 4) is 5.75 Å². The molecule has 0 spiro atoms. The zero-order valence-corrected chi connectivity index (χ0v) is 23.5. The van der Waals surface area contributed by atoms with E-state index in [2.05, 4.69) is 15.4 Å². The number of amides is 2. The topological polar surface area (TPSA) is 184 Å². The van der Waals surface area contributed by atoms with Crippen molar-refractivity contribution >= 4 is 35.7 Å². The number of hydrogen-bond acceptors (Lipinski definition) is 10. The number of carbonyl (C=O) groups is 6. The molecule has 226 valence electrons. The highest BCUT2D eigenvalue weighted by molar-refractivity contribution is 5.98. The first kappa shape index (κ1) is 33.3. The lowest BCUT2D eigenvalue weighted by atomic mass is 10.0. The van der Waals surface area contributed by atoms with Gasteiger partial charge in [0, 0.05) is 19.4 Å². The Morgan fingerprint density at radius 1 is 0.810 bits per heavy atom. The highest BCUT2D eigenvalue weighted by Gasteiger charge is 2.32. The molecule has 2 aromatic rings. The fraction of sp³-hybridized carbons (Fsp3) is 0.379. The molecule has 2 aromatic carbocycles. The van der Waals surface area contributed by atoms with Crippen LogP contribution in [0.1, 0.15) is 48.2 Å². The van der Waals surface area contributed by atoms with Crippen LogP contribution >= 0.6 is 0 Å². The van der Waals surface area contributed by atoms with E-state index in [0.29, 0.717) is 11.1 Å². The van der Waals surface area contributed by atoms with Crippen LogP contribution in [0.5, 0.6) is 5.75 Å². The Hall–Kier alpha value is -4.94. The summed E-state index contributed by atoms with van der Waals surface area (Å²) in [4.78, 5) is 72.4. The first-order valence-electron chi connectivity index (χ1n) is 13.1. The zero-order valence-electron chi connectivity index (χ0n) is 23.5. The summed E-state index contributed by atoms with van der Waals surface area (Å²) in [6.07, 6.45) is -1.93. The molecule has 0 unspecified atom stereocenters. The summed E-state index contributed by atoms with van der Waals surface area (Å²) < 4.78 is 19.8. The van der Waals surface area contributed by atoms with Crippen LogP contribution in [0, 0.1) is 0 Å². The van der Waals surface area contributed by atoms with Gasteiger partial charge in [-0.2, -0.15) is 0 Å². The lowest BCUT2D eigenvalue weighted by Crippen LogP contribution is -2.47. The number of nitrogens with one attached hydrogen (secondary N) is 2. The summed E-state index contributed by atoms with van der Waals surface area (Å²) in [6, 6.07) is 11.1. The molecule has 3 N–H and O–H groups in total. The summed E-state index contributed by atoms with van der Waals surface area (Å²) >= 11 is 0. The van der Waals surface area contributed by atoms with Crippen molar-refractivity contribution in [2.24, 2.45) is 0 Å².